The van der Waals surface area contributed by atoms with Crippen molar-refractivity contribution in [2.45, 2.75) is 84.1 Å². The van der Waals surface area contributed by atoms with Gasteiger partial charge in [-0.05, 0) is 58.0 Å². The molecule has 0 radical (unpaired) electrons. The second kappa shape index (κ2) is 10.6. The SMILES string of the molecule is [2H]C([2H])([2H])C(c1ccc2nc(C)sc2n1)N1C[C@H](CC)N(c2cc(=O)n(C([2H])([2H])[2H])c3cn(C4CCCCO4)nc23)C[C@H]1CC. The van der Waals surface area contributed by atoms with Crippen LogP contribution >= 0.6 is 11.3 Å². The number of nitrogens with zero attached hydrogens (tertiary/aromatic N) is 7. The van der Waals surface area contributed by atoms with Gasteiger partial charge in [0.1, 0.15) is 22.1 Å². The fourth-order valence-electron chi connectivity index (χ4n) is 5.95. The van der Waals surface area contributed by atoms with Gasteiger partial charge < -0.3 is 14.2 Å². The van der Waals surface area contributed by atoms with Gasteiger partial charge in [-0.3, -0.25) is 9.69 Å². The molecule has 4 atom stereocenters. The molecular formula is C29H39N7O2S. The first-order chi connectivity index (χ1) is 21.3. The average Bonchev–Trinajstić information content (AvgIpc) is 3.58. The maximum Gasteiger partial charge on any atom is 0.252 e. The van der Waals surface area contributed by atoms with Crippen LogP contribution in [0.5, 0.6) is 0 Å². The van der Waals surface area contributed by atoms with Crippen molar-refractivity contribution in [3.8, 4) is 0 Å². The standard InChI is InChI=1S/C29H39N7O2S/c1-6-20-16-35(21(7-2)15-34(20)18(3)22-11-12-23-29(31-22)39-19(4)30-23)24-14-26(37)33(5)25-17-36(32-28(24)25)27-10-8-9-13-38-27/h11-12,14,17-18,20-21,27H,6-10,13,15-16H2,1-5H3/t18?,20-,21+,27?/m1/s1/i3D3,5D3. The number of fused-ring (bicyclic) bond motifs is 2. The lowest BCUT2D eigenvalue weighted by molar-refractivity contribution is -0.0390. The van der Waals surface area contributed by atoms with E-state index in [4.69, 9.17) is 23.0 Å². The van der Waals surface area contributed by atoms with Crippen LogP contribution in [0.25, 0.3) is 21.4 Å². The molecule has 208 valence electrons. The van der Waals surface area contributed by atoms with Gasteiger partial charge >= 0.3 is 0 Å². The number of aromatic nitrogens is 5. The van der Waals surface area contributed by atoms with Gasteiger partial charge in [0.25, 0.3) is 5.56 Å². The van der Waals surface area contributed by atoms with Crippen molar-refractivity contribution in [3.05, 3.63) is 45.5 Å². The molecule has 0 saturated carbocycles. The van der Waals surface area contributed by atoms with E-state index in [1.165, 1.54) is 17.4 Å². The van der Waals surface area contributed by atoms with Crippen molar-refractivity contribution in [1.82, 2.24) is 29.2 Å². The number of thiazole rings is 1. The summed E-state index contributed by atoms with van der Waals surface area (Å²) < 4.78 is 58.6. The van der Waals surface area contributed by atoms with Crippen LogP contribution in [-0.4, -0.2) is 61.0 Å². The molecule has 10 heteroatoms. The van der Waals surface area contributed by atoms with Crippen LogP contribution in [0.3, 0.4) is 0 Å². The van der Waals surface area contributed by atoms with Crippen molar-refractivity contribution >= 4 is 38.4 Å². The quantitative estimate of drug-likeness (QED) is 0.324. The third-order valence-electron chi connectivity index (χ3n) is 8.11. The Balaban J connectivity index is 1.43. The van der Waals surface area contributed by atoms with E-state index < -0.39 is 25.4 Å². The number of anilines is 1. The Hall–Kier alpha value is -2.82. The predicted molar refractivity (Wildman–Crippen MR) is 157 cm³/mol. The Morgan fingerprint density at radius 2 is 2.05 bits per heavy atom. The summed E-state index contributed by atoms with van der Waals surface area (Å²) in [4.78, 5) is 27.6. The molecule has 2 unspecified atom stereocenters. The largest absolute Gasteiger partial charge is 0.364 e. The number of rotatable bonds is 6. The minimum absolute atomic E-state index is 0.172. The Labute approximate surface area is 241 Å². The summed E-state index contributed by atoms with van der Waals surface area (Å²) in [5.74, 6) is 0. The smallest absolute Gasteiger partial charge is 0.252 e. The van der Waals surface area contributed by atoms with Crippen LogP contribution in [0.1, 0.15) is 84.0 Å². The highest BCUT2D eigenvalue weighted by Crippen LogP contribution is 2.35. The van der Waals surface area contributed by atoms with Crippen LogP contribution in [0.2, 0.25) is 0 Å². The molecule has 4 aromatic rings. The first kappa shape index (κ1) is 20.1. The van der Waals surface area contributed by atoms with Crippen molar-refractivity contribution < 1.29 is 13.0 Å². The lowest BCUT2D eigenvalue weighted by Crippen LogP contribution is -2.58. The predicted octanol–water partition coefficient (Wildman–Crippen LogP) is 5.19. The van der Waals surface area contributed by atoms with E-state index in [1.807, 2.05) is 26.8 Å². The minimum Gasteiger partial charge on any atom is -0.364 e. The third kappa shape index (κ3) is 4.76. The molecule has 0 N–H and O–H groups in total. The van der Waals surface area contributed by atoms with Crippen LogP contribution in [0.4, 0.5) is 5.69 Å². The molecule has 4 aromatic heterocycles. The Bertz CT molecular complexity index is 1740. The second-order valence-corrected chi connectivity index (χ2v) is 11.7. The number of ether oxygens (including phenoxy) is 1. The molecule has 6 rings (SSSR count). The zero-order valence-electron chi connectivity index (χ0n) is 28.6. The van der Waals surface area contributed by atoms with Crippen LogP contribution in [-0.2, 0) is 11.7 Å². The van der Waals surface area contributed by atoms with Gasteiger partial charge in [0.2, 0.25) is 0 Å². The van der Waals surface area contributed by atoms with E-state index >= 15 is 0 Å². The summed E-state index contributed by atoms with van der Waals surface area (Å²) in [6.07, 6.45) is 5.26. The number of pyridine rings is 2. The number of hydrogen-bond donors (Lipinski definition) is 0. The molecular weight excluding hydrogens is 510 g/mol. The summed E-state index contributed by atoms with van der Waals surface area (Å²) in [6, 6.07) is 3.70. The summed E-state index contributed by atoms with van der Waals surface area (Å²) in [5, 5.41) is 5.71. The van der Waals surface area contributed by atoms with Gasteiger partial charge in [0, 0.05) is 59.1 Å². The average molecular weight is 556 g/mol. The molecule has 2 fully saturated rings. The number of hydrogen-bond acceptors (Lipinski definition) is 8. The third-order valence-corrected chi connectivity index (χ3v) is 8.99. The second-order valence-electron chi connectivity index (χ2n) is 10.5. The van der Waals surface area contributed by atoms with Gasteiger partial charge in [-0.15, -0.1) is 0 Å². The molecule has 39 heavy (non-hydrogen) atoms. The van der Waals surface area contributed by atoms with E-state index in [0.29, 0.717) is 54.3 Å². The summed E-state index contributed by atoms with van der Waals surface area (Å²) >= 11 is 1.45. The molecule has 0 aliphatic carbocycles. The lowest BCUT2D eigenvalue weighted by atomic mass is 9.98. The van der Waals surface area contributed by atoms with Crippen molar-refractivity contribution in [1.29, 1.82) is 0 Å². The Morgan fingerprint density at radius 1 is 1.18 bits per heavy atom. The molecule has 2 aliphatic heterocycles. The Kier molecular flexibility index (Phi) is 5.48. The van der Waals surface area contributed by atoms with Gasteiger partial charge in [-0.2, -0.15) is 5.10 Å². The van der Waals surface area contributed by atoms with Gasteiger partial charge in [0.05, 0.1) is 28.1 Å². The maximum atomic E-state index is 13.5. The minimum atomic E-state index is -2.69. The topological polar surface area (TPSA) is 81.3 Å². The van der Waals surface area contributed by atoms with Crippen LogP contribution in [0, 0.1) is 6.92 Å². The first-order valence-corrected chi connectivity index (χ1v) is 14.6. The number of aryl methyl sites for hydroxylation is 2. The molecule has 2 aliphatic rings. The van der Waals surface area contributed by atoms with Crippen LogP contribution < -0.4 is 10.5 Å². The van der Waals surface area contributed by atoms with Crippen LogP contribution in [0.15, 0.2) is 29.2 Å². The highest BCUT2D eigenvalue weighted by molar-refractivity contribution is 7.18. The highest BCUT2D eigenvalue weighted by Gasteiger charge is 2.37. The van der Waals surface area contributed by atoms with E-state index in [2.05, 4.69) is 14.8 Å². The molecule has 9 nitrogen and oxygen atoms in total. The molecule has 6 heterocycles. The molecule has 2 saturated heterocycles. The normalized spacial score (nSPS) is 26.5. The summed E-state index contributed by atoms with van der Waals surface area (Å²) in [7, 11) is 0. The van der Waals surface area contributed by atoms with E-state index in [9.17, 15) is 4.79 Å². The molecule has 0 amide bonds. The zero-order chi connectivity index (χ0) is 32.3. The van der Waals surface area contributed by atoms with Crippen molar-refractivity contribution in [3.63, 3.8) is 0 Å². The van der Waals surface area contributed by atoms with Crippen molar-refractivity contribution in [2.24, 2.45) is 6.98 Å². The molecule has 0 spiro atoms. The molecule has 0 bridgehead atoms. The fraction of sp³-hybridized carbons (Fsp3) is 0.586. The Morgan fingerprint density at radius 3 is 2.79 bits per heavy atom. The van der Waals surface area contributed by atoms with Gasteiger partial charge in [-0.25, -0.2) is 14.6 Å². The monoisotopic (exact) mass is 555 g/mol. The zero-order valence-corrected chi connectivity index (χ0v) is 23.4. The fourth-order valence-corrected chi connectivity index (χ4v) is 6.75. The van der Waals surface area contributed by atoms with Gasteiger partial charge in [0.15, 0.2) is 0 Å². The van der Waals surface area contributed by atoms with E-state index in [0.717, 1.165) is 34.4 Å². The van der Waals surface area contributed by atoms with E-state index in [1.54, 1.807) is 16.9 Å². The maximum absolute atomic E-state index is 13.5. The van der Waals surface area contributed by atoms with Crippen molar-refractivity contribution in [2.75, 3.05) is 24.6 Å². The highest BCUT2D eigenvalue weighted by atomic mass is 32.1. The number of piperazine rings is 1. The van der Waals surface area contributed by atoms with Gasteiger partial charge in [-0.1, -0.05) is 25.2 Å². The summed E-state index contributed by atoms with van der Waals surface area (Å²) in [6.45, 7) is 2.36. The molecule has 0 aromatic carbocycles. The summed E-state index contributed by atoms with van der Waals surface area (Å²) in [5.41, 5.74) is 1.81. The van der Waals surface area contributed by atoms with E-state index in [-0.39, 0.29) is 23.8 Å². The lowest BCUT2D eigenvalue weighted by Gasteiger charge is -2.49. The first-order valence-electron chi connectivity index (χ1n) is 16.8.